The van der Waals surface area contributed by atoms with Crippen molar-refractivity contribution in [1.82, 2.24) is 4.90 Å². The highest BCUT2D eigenvalue weighted by Gasteiger charge is 2.43. The lowest BCUT2D eigenvalue weighted by Crippen LogP contribution is -2.39. The van der Waals surface area contributed by atoms with Gasteiger partial charge in [0.15, 0.2) is 23.1 Å². The molecule has 0 radical (unpaired) electrons. The number of allylic oxidation sites excluding steroid dienone is 4. The molecule has 0 N–H and O–H groups in total. The van der Waals surface area contributed by atoms with Gasteiger partial charge in [0.05, 0.1) is 11.6 Å². The number of hydrogen-bond acceptors (Lipinski definition) is 5. The summed E-state index contributed by atoms with van der Waals surface area (Å²) in [5, 5.41) is 0.412. The van der Waals surface area contributed by atoms with Gasteiger partial charge in [0.1, 0.15) is 6.61 Å². The monoisotopic (exact) mass is 597 g/mol. The summed E-state index contributed by atoms with van der Waals surface area (Å²) in [5.74, 6) is 0.834. The van der Waals surface area contributed by atoms with Crippen LogP contribution in [0.1, 0.15) is 75.8 Å². The third-order valence-corrected chi connectivity index (χ3v) is 8.30. The predicted molar refractivity (Wildman–Crippen MR) is 153 cm³/mol. The van der Waals surface area contributed by atoms with Gasteiger partial charge < -0.3 is 14.4 Å². The van der Waals surface area contributed by atoms with Gasteiger partial charge in [-0.2, -0.15) is 0 Å². The molecule has 1 heterocycles. The molecule has 0 bridgehead atoms. The molecule has 0 amide bonds. The van der Waals surface area contributed by atoms with E-state index >= 15 is 0 Å². The van der Waals surface area contributed by atoms with Gasteiger partial charge >= 0.3 is 0 Å². The second-order valence-corrected chi connectivity index (χ2v) is 11.4. The van der Waals surface area contributed by atoms with E-state index in [2.05, 4.69) is 27.8 Å². The third-order valence-electron chi connectivity index (χ3n) is 7.50. The highest BCUT2D eigenvalue weighted by molar-refractivity contribution is 9.10. The molecule has 0 saturated heterocycles. The first kappa shape index (κ1) is 27.0. The number of hydrogen-bond donors (Lipinski definition) is 0. The molecule has 0 spiro atoms. The Hall–Kier alpha value is -2.57. The van der Waals surface area contributed by atoms with Gasteiger partial charge in [-0.05, 0) is 74.4 Å². The third kappa shape index (κ3) is 5.17. The van der Waals surface area contributed by atoms with Crippen molar-refractivity contribution in [3.8, 4) is 11.5 Å². The van der Waals surface area contributed by atoms with Crippen molar-refractivity contribution >= 4 is 39.1 Å². The van der Waals surface area contributed by atoms with Crippen LogP contribution < -0.4 is 9.47 Å². The summed E-state index contributed by atoms with van der Waals surface area (Å²) < 4.78 is 13.2. The summed E-state index contributed by atoms with van der Waals surface area (Å²) in [6.45, 7) is 5.65. The lowest BCUT2D eigenvalue weighted by molar-refractivity contribution is -0.117. The normalized spacial score (nSPS) is 18.1. The number of ketones is 2. The van der Waals surface area contributed by atoms with E-state index in [-0.39, 0.29) is 11.6 Å². The first-order chi connectivity index (χ1) is 18.4. The van der Waals surface area contributed by atoms with Crippen molar-refractivity contribution in [2.24, 2.45) is 0 Å². The molecule has 2 aliphatic carbocycles. The highest BCUT2D eigenvalue weighted by Crippen LogP contribution is 2.51. The number of carbonyl (C=O) groups excluding carboxylic acids is 2. The van der Waals surface area contributed by atoms with Gasteiger partial charge in [0.2, 0.25) is 0 Å². The summed E-state index contributed by atoms with van der Waals surface area (Å²) in [6, 6.07) is 11.7. The summed E-state index contributed by atoms with van der Waals surface area (Å²) >= 11 is 10.3. The van der Waals surface area contributed by atoms with Crippen molar-refractivity contribution < 1.29 is 19.1 Å². The van der Waals surface area contributed by atoms with Crippen LogP contribution in [-0.4, -0.2) is 29.6 Å². The second-order valence-electron chi connectivity index (χ2n) is 10.0. The topological polar surface area (TPSA) is 55.8 Å². The Bertz CT molecular complexity index is 1270. The zero-order valence-electron chi connectivity index (χ0n) is 21.9. The number of ether oxygens (including phenoxy) is 2. The minimum absolute atomic E-state index is 0.131. The minimum atomic E-state index is -0.425. The van der Waals surface area contributed by atoms with Crippen LogP contribution in [0.5, 0.6) is 11.5 Å². The van der Waals surface area contributed by atoms with E-state index in [4.69, 9.17) is 21.1 Å². The highest BCUT2D eigenvalue weighted by atomic mass is 79.9. The van der Waals surface area contributed by atoms with Gasteiger partial charge in [-0.25, -0.2) is 0 Å². The molecular formula is C31H33BrClNO4. The molecule has 7 heteroatoms. The molecule has 200 valence electrons. The van der Waals surface area contributed by atoms with Crippen LogP contribution in [0, 0.1) is 0 Å². The van der Waals surface area contributed by atoms with Crippen LogP contribution in [0.4, 0.5) is 0 Å². The lowest BCUT2D eigenvalue weighted by Gasteiger charge is -2.44. The smallest absolute Gasteiger partial charge is 0.180 e. The van der Waals surface area contributed by atoms with Gasteiger partial charge in [0, 0.05) is 52.3 Å². The molecule has 1 aliphatic heterocycles. The van der Waals surface area contributed by atoms with E-state index in [9.17, 15) is 9.59 Å². The first-order valence-corrected chi connectivity index (χ1v) is 14.7. The van der Waals surface area contributed by atoms with Crippen molar-refractivity contribution in [3.05, 3.63) is 79.6 Å². The average molecular weight is 599 g/mol. The fourth-order valence-corrected chi connectivity index (χ4v) is 6.48. The number of carbonyl (C=O) groups is 2. The molecule has 2 aromatic rings. The van der Waals surface area contributed by atoms with Crippen LogP contribution in [-0.2, 0) is 16.2 Å². The molecule has 0 aromatic heterocycles. The van der Waals surface area contributed by atoms with E-state index in [1.54, 1.807) is 0 Å². The van der Waals surface area contributed by atoms with E-state index < -0.39 is 5.92 Å². The number of Topliss-reactive ketones (excluding diaryl/α,β-unsaturated/α-hetero) is 2. The van der Waals surface area contributed by atoms with Gasteiger partial charge in [-0.15, -0.1) is 0 Å². The number of benzene rings is 2. The van der Waals surface area contributed by atoms with Gasteiger partial charge in [0.25, 0.3) is 0 Å². The Morgan fingerprint density at radius 2 is 1.55 bits per heavy atom. The summed E-state index contributed by atoms with van der Waals surface area (Å²) in [4.78, 5) is 29.2. The molecular weight excluding hydrogens is 566 g/mol. The fraction of sp³-hybridized carbons (Fsp3) is 0.419. The quantitative estimate of drug-likeness (QED) is 0.309. The molecule has 5 rings (SSSR count). The van der Waals surface area contributed by atoms with E-state index in [0.717, 1.165) is 76.8 Å². The fourth-order valence-electron chi connectivity index (χ4n) is 5.94. The van der Waals surface area contributed by atoms with Crippen LogP contribution in [0.3, 0.4) is 0 Å². The van der Waals surface area contributed by atoms with Gasteiger partial charge in [-0.3, -0.25) is 9.59 Å². The number of halogens is 2. The van der Waals surface area contributed by atoms with Crippen molar-refractivity contribution in [2.45, 2.75) is 71.3 Å². The summed E-state index contributed by atoms with van der Waals surface area (Å²) in [6.07, 6.45) is 5.35. The molecule has 5 nitrogen and oxygen atoms in total. The Kier molecular flexibility index (Phi) is 8.29. The largest absolute Gasteiger partial charge is 0.490 e. The average Bonchev–Trinajstić information content (AvgIpc) is 2.90. The van der Waals surface area contributed by atoms with Crippen molar-refractivity contribution in [2.75, 3.05) is 13.2 Å². The van der Waals surface area contributed by atoms with Gasteiger partial charge in [-0.1, -0.05) is 46.6 Å². The Labute approximate surface area is 238 Å². The van der Waals surface area contributed by atoms with E-state index in [0.29, 0.717) is 42.6 Å². The maximum absolute atomic E-state index is 13.5. The summed E-state index contributed by atoms with van der Waals surface area (Å²) in [5.41, 5.74) is 5.53. The Balaban J connectivity index is 1.60. The maximum Gasteiger partial charge on any atom is 0.180 e. The zero-order valence-corrected chi connectivity index (χ0v) is 24.3. The molecule has 0 unspecified atom stereocenters. The van der Waals surface area contributed by atoms with Crippen molar-refractivity contribution in [1.29, 1.82) is 0 Å². The summed E-state index contributed by atoms with van der Waals surface area (Å²) in [7, 11) is 0. The second kappa shape index (κ2) is 11.7. The molecule has 3 aliphatic rings. The molecule has 2 aromatic carbocycles. The first-order valence-electron chi connectivity index (χ1n) is 13.6. The van der Waals surface area contributed by atoms with Crippen LogP contribution in [0.2, 0.25) is 5.02 Å². The molecule has 0 atom stereocenters. The Morgan fingerprint density at radius 1 is 0.921 bits per heavy atom. The molecule has 0 fully saturated rings. The van der Waals surface area contributed by atoms with E-state index in [1.165, 1.54) is 0 Å². The Morgan fingerprint density at radius 3 is 2.13 bits per heavy atom. The lowest BCUT2D eigenvalue weighted by atomic mass is 9.71. The molecule has 0 saturated carbocycles. The van der Waals surface area contributed by atoms with Crippen LogP contribution in [0.15, 0.2) is 63.4 Å². The standard InChI is InChI=1S/C31H33BrClNO4/c1-3-15-34-23-7-5-9-25(35)29(23)28(30-24(34)8-6-10-26(30)36)20-16-22(33)31(27(17-20)37-4-2)38-18-19-11-13-21(32)14-12-19/h11-14,16-17,28H,3-10,15,18H2,1-2H3. The van der Waals surface area contributed by atoms with Crippen molar-refractivity contribution in [3.63, 3.8) is 0 Å². The SMILES string of the molecule is CCCN1C2=C(C(=O)CCC2)C(c2cc(Cl)c(OCc3ccc(Br)cc3)c(OCC)c2)C2=C1CCCC2=O. The molecule has 38 heavy (non-hydrogen) atoms. The van der Waals surface area contributed by atoms with Crippen LogP contribution >= 0.6 is 27.5 Å². The predicted octanol–water partition coefficient (Wildman–Crippen LogP) is 7.90. The minimum Gasteiger partial charge on any atom is -0.490 e. The van der Waals surface area contributed by atoms with Crippen LogP contribution in [0.25, 0.3) is 0 Å². The van der Waals surface area contributed by atoms with E-state index in [1.807, 2.05) is 43.3 Å². The number of nitrogens with zero attached hydrogens (tertiary/aromatic N) is 1. The number of rotatable bonds is 8. The maximum atomic E-state index is 13.5. The zero-order chi connectivity index (χ0) is 26.8.